The number of nitrogens with two attached hydrogens (primary N) is 1. The summed E-state index contributed by atoms with van der Waals surface area (Å²) in [5, 5.41) is 6.38. The number of anilines is 1. The van der Waals surface area contributed by atoms with Crippen molar-refractivity contribution in [2.45, 2.75) is 25.4 Å². The number of nitrogen functional groups attached to an aromatic ring is 1. The van der Waals surface area contributed by atoms with E-state index >= 15 is 0 Å². The summed E-state index contributed by atoms with van der Waals surface area (Å²) in [6.45, 7) is 1.45. The number of nitrogens with one attached hydrogen (secondary N) is 2. The van der Waals surface area contributed by atoms with Gasteiger partial charge in [-0.2, -0.15) is 0 Å². The van der Waals surface area contributed by atoms with Crippen LogP contribution in [0.15, 0.2) is 18.3 Å². The Balaban J connectivity index is 1.61. The summed E-state index contributed by atoms with van der Waals surface area (Å²) >= 11 is 0. The molecule has 1 aliphatic carbocycles. The lowest BCUT2D eigenvalue weighted by molar-refractivity contribution is -0.125. The third-order valence-corrected chi connectivity index (χ3v) is 4.11. The fourth-order valence-electron chi connectivity index (χ4n) is 3.14. The van der Waals surface area contributed by atoms with Crippen molar-refractivity contribution >= 4 is 11.7 Å². The van der Waals surface area contributed by atoms with Crippen LogP contribution >= 0.6 is 0 Å². The molecule has 2 fully saturated rings. The highest BCUT2D eigenvalue weighted by atomic mass is 16.2. The van der Waals surface area contributed by atoms with Gasteiger partial charge in [0, 0.05) is 24.3 Å². The molecule has 0 spiro atoms. The third-order valence-electron chi connectivity index (χ3n) is 4.11. The zero-order valence-corrected chi connectivity index (χ0v) is 10.2. The molecule has 1 saturated heterocycles. The molecule has 5 nitrogen and oxygen atoms in total. The van der Waals surface area contributed by atoms with Crippen LogP contribution in [-0.4, -0.2) is 23.5 Å². The Bertz CT molecular complexity index is 442. The van der Waals surface area contributed by atoms with Gasteiger partial charge in [-0.25, -0.2) is 4.98 Å². The van der Waals surface area contributed by atoms with Crippen molar-refractivity contribution in [3.63, 3.8) is 0 Å². The van der Waals surface area contributed by atoms with E-state index in [1.807, 2.05) is 12.1 Å². The third kappa shape index (κ3) is 1.95. The lowest BCUT2D eigenvalue weighted by Crippen LogP contribution is -2.36. The Morgan fingerprint density at radius 3 is 3.06 bits per heavy atom. The summed E-state index contributed by atoms with van der Waals surface area (Å²) in [6.07, 6.45) is 3.95. The van der Waals surface area contributed by atoms with Crippen molar-refractivity contribution in [1.82, 2.24) is 15.6 Å². The van der Waals surface area contributed by atoms with Crippen LogP contribution in [0.3, 0.4) is 0 Å². The summed E-state index contributed by atoms with van der Waals surface area (Å²) in [5.41, 5.74) is 6.63. The molecule has 2 aliphatic rings. The molecule has 3 rings (SSSR count). The Morgan fingerprint density at radius 1 is 1.56 bits per heavy atom. The lowest BCUT2D eigenvalue weighted by atomic mass is 9.97. The number of nitrogens with zero attached hydrogens (tertiary/aromatic N) is 1. The molecule has 1 aliphatic heterocycles. The van der Waals surface area contributed by atoms with Crippen LogP contribution in [-0.2, 0) is 11.3 Å². The van der Waals surface area contributed by atoms with E-state index in [0.717, 1.165) is 18.5 Å². The maximum atomic E-state index is 12.2. The number of hydrogen-bond donors (Lipinski definition) is 3. The number of pyridine rings is 1. The zero-order chi connectivity index (χ0) is 12.5. The average molecular weight is 246 g/mol. The van der Waals surface area contributed by atoms with Gasteiger partial charge in [0.15, 0.2) is 0 Å². The lowest BCUT2D eigenvalue weighted by Gasteiger charge is -2.15. The summed E-state index contributed by atoms with van der Waals surface area (Å²) in [6, 6.07) is 4.10. The zero-order valence-electron chi connectivity index (χ0n) is 10.2. The van der Waals surface area contributed by atoms with Crippen molar-refractivity contribution in [3.8, 4) is 0 Å². The van der Waals surface area contributed by atoms with Gasteiger partial charge >= 0.3 is 0 Å². The standard InChI is InChI=1S/C13H18N4O/c14-12-9(2-1-5-15-12)7-17-13(18)11-8-3-4-10(11)16-6-8/h1-2,5,8,10-11,16H,3-4,6-7H2,(H2,14,15)(H,17,18)/t8-,10-,11+/m0/s1. The van der Waals surface area contributed by atoms with Gasteiger partial charge in [-0.1, -0.05) is 6.07 Å². The van der Waals surface area contributed by atoms with Gasteiger partial charge < -0.3 is 16.4 Å². The van der Waals surface area contributed by atoms with Gasteiger partial charge in [0.2, 0.25) is 5.91 Å². The quantitative estimate of drug-likeness (QED) is 0.715. The molecule has 18 heavy (non-hydrogen) atoms. The molecule has 0 unspecified atom stereocenters. The molecule has 2 heterocycles. The topological polar surface area (TPSA) is 80.0 Å². The van der Waals surface area contributed by atoms with Crippen LogP contribution in [0.4, 0.5) is 5.82 Å². The normalized spacial score (nSPS) is 29.4. The molecule has 1 saturated carbocycles. The molecule has 0 aromatic carbocycles. The molecule has 1 aromatic heterocycles. The van der Waals surface area contributed by atoms with Gasteiger partial charge in [0.05, 0.1) is 5.92 Å². The predicted molar refractivity (Wildman–Crippen MR) is 68.5 cm³/mol. The molecule has 1 amide bonds. The van der Waals surface area contributed by atoms with E-state index in [0.29, 0.717) is 24.3 Å². The van der Waals surface area contributed by atoms with Crippen LogP contribution < -0.4 is 16.4 Å². The summed E-state index contributed by atoms with van der Waals surface area (Å²) in [4.78, 5) is 16.2. The highest BCUT2D eigenvalue weighted by Crippen LogP contribution is 2.36. The van der Waals surface area contributed by atoms with Crippen LogP contribution in [0.2, 0.25) is 0 Å². The number of hydrogen-bond acceptors (Lipinski definition) is 4. The number of piperidine rings is 1. The molecule has 4 N–H and O–H groups in total. The number of rotatable bonds is 3. The second kappa shape index (κ2) is 4.57. The van der Waals surface area contributed by atoms with E-state index in [9.17, 15) is 4.79 Å². The Kier molecular flexibility index (Phi) is 2.91. The Morgan fingerprint density at radius 2 is 2.44 bits per heavy atom. The van der Waals surface area contributed by atoms with Gasteiger partial charge in [-0.3, -0.25) is 4.79 Å². The monoisotopic (exact) mass is 246 g/mol. The van der Waals surface area contributed by atoms with Crippen molar-refractivity contribution in [3.05, 3.63) is 23.9 Å². The fraction of sp³-hybridized carbons (Fsp3) is 0.538. The SMILES string of the molecule is Nc1ncccc1CNC(=O)[C@@H]1[C@H]2CC[C@@H]1NC2. The first kappa shape index (κ1) is 11.5. The summed E-state index contributed by atoms with van der Waals surface area (Å²) < 4.78 is 0. The van der Waals surface area contributed by atoms with E-state index in [-0.39, 0.29) is 11.8 Å². The number of carbonyl (C=O) groups excluding carboxylic acids is 1. The van der Waals surface area contributed by atoms with Gasteiger partial charge in [-0.15, -0.1) is 0 Å². The summed E-state index contributed by atoms with van der Waals surface area (Å²) in [5.74, 6) is 1.30. The molecular weight excluding hydrogens is 228 g/mol. The Hall–Kier alpha value is -1.62. The van der Waals surface area contributed by atoms with Crippen molar-refractivity contribution in [2.75, 3.05) is 12.3 Å². The second-order valence-corrected chi connectivity index (χ2v) is 5.14. The van der Waals surface area contributed by atoms with E-state index < -0.39 is 0 Å². The minimum absolute atomic E-state index is 0.142. The van der Waals surface area contributed by atoms with Gasteiger partial charge in [-0.05, 0) is 31.4 Å². The van der Waals surface area contributed by atoms with Crippen molar-refractivity contribution in [1.29, 1.82) is 0 Å². The molecule has 0 radical (unpaired) electrons. The van der Waals surface area contributed by atoms with Crippen LogP contribution in [0.1, 0.15) is 18.4 Å². The predicted octanol–water partition coefficient (Wildman–Crippen LogP) is 0.278. The van der Waals surface area contributed by atoms with E-state index in [1.54, 1.807) is 6.20 Å². The van der Waals surface area contributed by atoms with E-state index in [4.69, 9.17) is 5.73 Å². The molecule has 1 aromatic rings. The Labute approximate surface area is 106 Å². The second-order valence-electron chi connectivity index (χ2n) is 5.14. The first-order chi connectivity index (χ1) is 8.75. The molecule has 96 valence electrons. The summed E-state index contributed by atoms with van der Waals surface area (Å²) in [7, 11) is 0. The molecule has 2 bridgehead atoms. The number of fused-ring (bicyclic) bond motifs is 2. The first-order valence-electron chi connectivity index (χ1n) is 6.46. The van der Waals surface area contributed by atoms with Crippen LogP contribution in [0, 0.1) is 11.8 Å². The van der Waals surface area contributed by atoms with Gasteiger partial charge in [0.25, 0.3) is 0 Å². The minimum atomic E-state index is 0.142. The molecule has 5 heteroatoms. The smallest absolute Gasteiger partial charge is 0.225 e. The van der Waals surface area contributed by atoms with E-state index in [1.165, 1.54) is 6.42 Å². The average Bonchev–Trinajstić information content (AvgIpc) is 2.97. The maximum Gasteiger partial charge on any atom is 0.225 e. The molecule has 3 atom stereocenters. The first-order valence-corrected chi connectivity index (χ1v) is 6.46. The highest BCUT2D eigenvalue weighted by molar-refractivity contribution is 5.80. The van der Waals surface area contributed by atoms with Gasteiger partial charge in [0.1, 0.15) is 5.82 Å². The fourth-order valence-corrected chi connectivity index (χ4v) is 3.14. The minimum Gasteiger partial charge on any atom is -0.383 e. The number of aromatic nitrogens is 1. The number of carbonyl (C=O) groups is 1. The van der Waals surface area contributed by atoms with Crippen molar-refractivity contribution in [2.24, 2.45) is 11.8 Å². The maximum absolute atomic E-state index is 12.2. The van der Waals surface area contributed by atoms with Crippen LogP contribution in [0.5, 0.6) is 0 Å². The number of amides is 1. The van der Waals surface area contributed by atoms with E-state index in [2.05, 4.69) is 15.6 Å². The van der Waals surface area contributed by atoms with Crippen LogP contribution in [0.25, 0.3) is 0 Å². The molecular formula is C13H18N4O. The van der Waals surface area contributed by atoms with Crippen molar-refractivity contribution < 1.29 is 4.79 Å². The largest absolute Gasteiger partial charge is 0.383 e. The highest BCUT2D eigenvalue weighted by Gasteiger charge is 2.45.